The van der Waals surface area contributed by atoms with Crippen LogP contribution in [-0.4, -0.2) is 4.98 Å². The summed E-state index contributed by atoms with van der Waals surface area (Å²) in [6.07, 6.45) is 1.41. The lowest BCUT2D eigenvalue weighted by molar-refractivity contribution is -0.591. The summed E-state index contributed by atoms with van der Waals surface area (Å²) in [6, 6.07) is 7.33. The third-order valence-electron chi connectivity index (χ3n) is 1.65. The van der Waals surface area contributed by atoms with Crippen molar-refractivity contribution in [2.45, 2.75) is 0 Å². The molecule has 2 aromatic rings. The molecule has 1 aromatic carbocycles. The third kappa shape index (κ3) is 0.934. The lowest BCUT2D eigenvalue weighted by Gasteiger charge is -2.03. The van der Waals surface area contributed by atoms with E-state index in [2.05, 4.69) is 4.98 Å². The number of hydrogen-bond acceptors (Lipinski definition) is 3. The number of hydrogen-bond donors (Lipinski definition) is 1. The number of nitrogen functional groups attached to an aromatic ring is 1. The van der Waals surface area contributed by atoms with Gasteiger partial charge in [0.1, 0.15) is 0 Å². The Morgan fingerprint density at radius 3 is 2.92 bits per heavy atom. The molecule has 0 radical (unpaired) electrons. The van der Waals surface area contributed by atoms with Crippen molar-refractivity contribution in [1.29, 1.82) is 0 Å². The average molecular weight is 161 g/mol. The number of anilines is 1. The van der Waals surface area contributed by atoms with Crippen molar-refractivity contribution in [1.82, 2.24) is 4.98 Å². The van der Waals surface area contributed by atoms with Gasteiger partial charge in [-0.05, 0) is 12.1 Å². The second kappa shape index (κ2) is 2.34. The van der Waals surface area contributed by atoms with Gasteiger partial charge in [-0.25, -0.2) is 4.73 Å². The summed E-state index contributed by atoms with van der Waals surface area (Å²) in [7, 11) is 0. The molecular weight excluding hydrogens is 154 g/mol. The molecular formula is C8H7N3O. The molecule has 1 heterocycles. The van der Waals surface area contributed by atoms with E-state index in [1.54, 1.807) is 0 Å². The Morgan fingerprint density at radius 2 is 2.08 bits per heavy atom. The highest BCUT2D eigenvalue weighted by atomic mass is 16.5. The maximum Gasteiger partial charge on any atom is 0.390 e. The molecule has 12 heavy (non-hydrogen) atoms. The number of nitrogens with two attached hydrogens (primary N) is 1. The molecule has 0 atom stereocenters. The number of benzene rings is 1. The van der Waals surface area contributed by atoms with Crippen molar-refractivity contribution in [3.05, 3.63) is 35.7 Å². The van der Waals surface area contributed by atoms with Gasteiger partial charge in [0.15, 0.2) is 5.52 Å². The van der Waals surface area contributed by atoms with Gasteiger partial charge in [0.05, 0.1) is 6.20 Å². The lowest BCUT2D eigenvalue weighted by Crippen LogP contribution is -2.31. The first-order valence-electron chi connectivity index (χ1n) is 3.52. The van der Waals surface area contributed by atoms with Gasteiger partial charge >= 0.3 is 5.95 Å². The third-order valence-corrected chi connectivity index (χ3v) is 1.65. The molecule has 0 aliphatic carbocycles. The van der Waals surface area contributed by atoms with Crippen molar-refractivity contribution >= 4 is 16.9 Å². The molecule has 0 amide bonds. The summed E-state index contributed by atoms with van der Waals surface area (Å²) < 4.78 is 0.558. The molecule has 1 aromatic heterocycles. The summed E-state index contributed by atoms with van der Waals surface area (Å²) in [5, 5.41) is 11.8. The van der Waals surface area contributed by atoms with E-state index >= 15 is 0 Å². The predicted molar refractivity (Wildman–Crippen MR) is 45.1 cm³/mol. The van der Waals surface area contributed by atoms with Gasteiger partial charge in [0.25, 0.3) is 0 Å². The first kappa shape index (κ1) is 6.84. The van der Waals surface area contributed by atoms with Crippen LogP contribution in [0.2, 0.25) is 0 Å². The Bertz CT molecular complexity index is 387. The van der Waals surface area contributed by atoms with Gasteiger partial charge < -0.3 is 5.21 Å². The minimum Gasteiger partial charge on any atom is -0.740 e. The highest BCUT2D eigenvalue weighted by Gasteiger charge is 2.02. The fraction of sp³-hybridized carbons (Fsp3) is 0. The molecule has 4 heteroatoms. The van der Waals surface area contributed by atoms with Crippen LogP contribution in [0.15, 0.2) is 30.5 Å². The summed E-state index contributed by atoms with van der Waals surface area (Å²) >= 11 is 0. The van der Waals surface area contributed by atoms with Crippen LogP contribution in [0.25, 0.3) is 10.9 Å². The number of fused-ring (bicyclic) bond motifs is 1. The number of nitrogens with zero attached hydrogens (tertiary/aromatic N) is 2. The molecule has 0 spiro atoms. The minimum atomic E-state index is -0.0197. The van der Waals surface area contributed by atoms with Crippen LogP contribution >= 0.6 is 0 Å². The minimum absolute atomic E-state index is 0.0197. The van der Waals surface area contributed by atoms with E-state index in [-0.39, 0.29) is 5.95 Å². The Balaban J connectivity index is 2.84. The van der Waals surface area contributed by atoms with Crippen LogP contribution in [0, 0.1) is 5.21 Å². The van der Waals surface area contributed by atoms with Crippen molar-refractivity contribution in [3.8, 4) is 0 Å². The second-order valence-electron chi connectivity index (χ2n) is 2.48. The molecule has 0 bridgehead atoms. The van der Waals surface area contributed by atoms with Crippen LogP contribution in [-0.2, 0) is 0 Å². The Kier molecular flexibility index (Phi) is 1.33. The van der Waals surface area contributed by atoms with E-state index in [1.807, 2.05) is 24.3 Å². The molecule has 0 unspecified atom stereocenters. The topological polar surface area (TPSA) is 65.8 Å². The van der Waals surface area contributed by atoms with Crippen molar-refractivity contribution in [2.24, 2.45) is 0 Å². The van der Waals surface area contributed by atoms with Gasteiger partial charge in [-0.2, -0.15) is 0 Å². The van der Waals surface area contributed by atoms with Gasteiger partial charge in [-0.3, -0.25) is 5.73 Å². The molecule has 0 aliphatic rings. The van der Waals surface area contributed by atoms with Gasteiger partial charge in [0, 0.05) is 5.39 Å². The SMILES string of the molecule is Nc1nc2ccccc2c[n+]1[O-]. The van der Waals surface area contributed by atoms with Crippen LogP contribution in [0.1, 0.15) is 0 Å². The summed E-state index contributed by atoms with van der Waals surface area (Å²) in [6.45, 7) is 0. The monoisotopic (exact) mass is 161 g/mol. The molecule has 60 valence electrons. The fourth-order valence-corrected chi connectivity index (χ4v) is 1.06. The van der Waals surface area contributed by atoms with Crippen molar-refractivity contribution in [3.63, 3.8) is 0 Å². The van der Waals surface area contributed by atoms with E-state index < -0.39 is 0 Å². The molecule has 0 fully saturated rings. The van der Waals surface area contributed by atoms with Crippen LogP contribution in [0.4, 0.5) is 5.95 Å². The van der Waals surface area contributed by atoms with E-state index in [0.717, 1.165) is 10.9 Å². The maximum atomic E-state index is 11.0. The maximum absolute atomic E-state index is 11.0. The molecule has 0 saturated heterocycles. The second-order valence-corrected chi connectivity index (χ2v) is 2.48. The van der Waals surface area contributed by atoms with Crippen LogP contribution in [0.5, 0.6) is 0 Å². The zero-order valence-corrected chi connectivity index (χ0v) is 6.27. The largest absolute Gasteiger partial charge is 0.740 e. The number of aromatic nitrogens is 2. The van der Waals surface area contributed by atoms with Gasteiger partial charge in [-0.1, -0.05) is 17.1 Å². The van der Waals surface area contributed by atoms with Gasteiger partial charge in [-0.15, -0.1) is 0 Å². The molecule has 0 saturated carbocycles. The van der Waals surface area contributed by atoms with Crippen molar-refractivity contribution in [2.75, 3.05) is 5.73 Å². The Hall–Kier alpha value is -1.84. The lowest BCUT2D eigenvalue weighted by atomic mass is 10.2. The van der Waals surface area contributed by atoms with Crippen LogP contribution < -0.4 is 10.5 Å². The first-order chi connectivity index (χ1) is 5.77. The number of rotatable bonds is 0. The quantitative estimate of drug-likeness (QED) is 0.450. The van der Waals surface area contributed by atoms with Gasteiger partial charge in [0.2, 0.25) is 0 Å². The summed E-state index contributed by atoms with van der Waals surface area (Å²) in [5.74, 6) is -0.0197. The van der Waals surface area contributed by atoms with E-state index in [1.165, 1.54) is 6.20 Å². The average Bonchev–Trinajstić information content (AvgIpc) is 2.07. The molecule has 2 N–H and O–H groups in total. The highest BCUT2D eigenvalue weighted by Crippen LogP contribution is 2.08. The smallest absolute Gasteiger partial charge is 0.390 e. The zero-order valence-electron chi connectivity index (χ0n) is 6.27. The summed E-state index contributed by atoms with van der Waals surface area (Å²) in [4.78, 5) is 3.90. The Labute approximate surface area is 68.9 Å². The standard InChI is InChI=1S/C8H7N3O/c9-8-10-7-4-2-1-3-6(7)5-11(8)12/h1-5H,(H2,9,10). The highest BCUT2D eigenvalue weighted by molar-refractivity contribution is 5.77. The van der Waals surface area contributed by atoms with E-state index in [0.29, 0.717) is 4.73 Å². The van der Waals surface area contributed by atoms with E-state index in [4.69, 9.17) is 5.73 Å². The predicted octanol–water partition coefficient (Wildman–Crippen LogP) is 0.450. The zero-order chi connectivity index (χ0) is 8.55. The van der Waals surface area contributed by atoms with Crippen LogP contribution in [0.3, 0.4) is 0 Å². The molecule has 2 rings (SSSR count). The molecule has 4 nitrogen and oxygen atoms in total. The Morgan fingerprint density at radius 1 is 1.33 bits per heavy atom. The summed E-state index contributed by atoms with van der Waals surface area (Å²) in [5.41, 5.74) is 6.06. The normalized spacial score (nSPS) is 10.3. The van der Waals surface area contributed by atoms with E-state index in [9.17, 15) is 5.21 Å². The number of para-hydroxylation sites is 1. The first-order valence-corrected chi connectivity index (χ1v) is 3.52. The fourth-order valence-electron chi connectivity index (χ4n) is 1.06. The molecule has 0 aliphatic heterocycles. The van der Waals surface area contributed by atoms with Crippen molar-refractivity contribution < 1.29 is 4.73 Å².